The van der Waals surface area contributed by atoms with Gasteiger partial charge in [-0.15, -0.1) is 5.10 Å². The van der Waals surface area contributed by atoms with E-state index in [1.165, 1.54) is 19.9 Å². The van der Waals surface area contributed by atoms with E-state index in [9.17, 15) is 19.7 Å². The zero-order chi connectivity index (χ0) is 30.2. The predicted molar refractivity (Wildman–Crippen MR) is 156 cm³/mol. The third-order valence-electron chi connectivity index (χ3n) is 8.69. The van der Waals surface area contributed by atoms with E-state index in [0.29, 0.717) is 36.1 Å². The van der Waals surface area contributed by atoms with Crippen LogP contribution < -0.4 is 10.7 Å². The molecule has 2 heterocycles. The minimum absolute atomic E-state index is 0.128. The number of halogens is 2. The Bertz CT molecular complexity index is 1750. The van der Waals surface area contributed by atoms with E-state index in [1.807, 2.05) is 36.4 Å². The number of benzene rings is 3. The van der Waals surface area contributed by atoms with Gasteiger partial charge in [0, 0.05) is 40.7 Å². The fourth-order valence-corrected chi connectivity index (χ4v) is 6.81. The standard InChI is InChI=1S/C33H31F2N5O2/c1-5-33(6-2)26(29(32(3,4)35)23-14-21(18-37)15-24(34)16-23)19-40(33)27-9-7-8-25(30-38-39-31(41)42-30)28(27)22-12-10-20(17-36)11-13-22/h7-16,26,29H,5-6,19H2,1-4H3,(H,39,41)/t26-,29-/m1/s1. The van der Waals surface area contributed by atoms with Crippen LogP contribution in [0.1, 0.15) is 63.1 Å². The van der Waals surface area contributed by atoms with Crippen LogP contribution in [0.15, 0.2) is 69.9 Å². The number of nitriles is 2. The van der Waals surface area contributed by atoms with Crippen LogP contribution in [0, 0.1) is 34.4 Å². The van der Waals surface area contributed by atoms with Gasteiger partial charge >= 0.3 is 5.76 Å². The summed E-state index contributed by atoms with van der Waals surface area (Å²) in [7, 11) is 0. The summed E-state index contributed by atoms with van der Waals surface area (Å²) in [5.74, 6) is -2.00. The van der Waals surface area contributed by atoms with Crippen LogP contribution in [0.25, 0.3) is 22.6 Å². The first kappa shape index (κ1) is 28.8. The van der Waals surface area contributed by atoms with Crippen molar-refractivity contribution in [2.45, 2.75) is 57.7 Å². The average Bonchev–Trinajstić information content (AvgIpc) is 3.40. The topological polar surface area (TPSA) is 110 Å². The summed E-state index contributed by atoms with van der Waals surface area (Å²) in [5.41, 5.74) is 1.89. The number of aromatic amines is 1. The number of nitrogens with one attached hydrogen (secondary N) is 1. The minimum Gasteiger partial charge on any atom is -0.388 e. The summed E-state index contributed by atoms with van der Waals surface area (Å²) in [6, 6.07) is 21.0. The lowest BCUT2D eigenvalue weighted by atomic mass is 9.59. The van der Waals surface area contributed by atoms with Crippen molar-refractivity contribution < 1.29 is 13.2 Å². The van der Waals surface area contributed by atoms with Crippen LogP contribution in [0.3, 0.4) is 0 Å². The number of alkyl halides is 1. The van der Waals surface area contributed by atoms with E-state index < -0.39 is 28.7 Å². The highest BCUT2D eigenvalue weighted by Gasteiger charge is 2.58. The van der Waals surface area contributed by atoms with Gasteiger partial charge in [-0.25, -0.2) is 18.7 Å². The Morgan fingerprint density at radius 1 is 1.10 bits per heavy atom. The largest absolute Gasteiger partial charge is 0.434 e. The second-order valence-electron chi connectivity index (χ2n) is 11.3. The second kappa shape index (κ2) is 10.9. The highest BCUT2D eigenvalue weighted by Crippen LogP contribution is 2.56. The zero-order valence-corrected chi connectivity index (χ0v) is 23.9. The Kier molecular flexibility index (Phi) is 7.47. The maximum Gasteiger partial charge on any atom is 0.434 e. The Balaban J connectivity index is 1.68. The molecule has 0 unspecified atom stereocenters. The normalized spacial score (nSPS) is 16.8. The van der Waals surface area contributed by atoms with Gasteiger partial charge in [-0.05, 0) is 80.3 Å². The molecule has 1 aromatic heterocycles. The lowest BCUT2D eigenvalue weighted by molar-refractivity contribution is 0.0401. The number of aromatic nitrogens is 2. The number of H-pyrrole nitrogens is 1. The molecule has 1 saturated heterocycles. The smallest absolute Gasteiger partial charge is 0.388 e. The van der Waals surface area contributed by atoms with Crippen LogP contribution in [0.5, 0.6) is 0 Å². The van der Waals surface area contributed by atoms with Crippen LogP contribution in [0.4, 0.5) is 14.5 Å². The van der Waals surface area contributed by atoms with E-state index in [2.05, 4.69) is 35.0 Å². The lowest BCUT2D eigenvalue weighted by Gasteiger charge is -2.63. The molecular formula is C33H31F2N5O2. The highest BCUT2D eigenvalue weighted by molar-refractivity contribution is 5.91. The van der Waals surface area contributed by atoms with Crippen molar-refractivity contribution in [1.29, 1.82) is 10.5 Å². The van der Waals surface area contributed by atoms with Crippen molar-refractivity contribution in [1.82, 2.24) is 10.2 Å². The highest BCUT2D eigenvalue weighted by atomic mass is 19.1. The first-order valence-electron chi connectivity index (χ1n) is 13.9. The van der Waals surface area contributed by atoms with Gasteiger partial charge < -0.3 is 9.32 Å². The molecule has 9 heteroatoms. The van der Waals surface area contributed by atoms with Crippen molar-refractivity contribution in [3.63, 3.8) is 0 Å². The van der Waals surface area contributed by atoms with E-state index in [0.717, 1.165) is 22.9 Å². The molecule has 4 aromatic rings. The molecule has 7 nitrogen and oxygen atoms in total. The van der Waals surface area contributed by atoms with Crippen molar-refractivity contribution in [3.05, 3.63) is 93.7 Å². The van der Waals surface area contributed by atoms with Gasteiger partial charge in [-0.1, -0.05) is 32.0 Å². The van der Waals surface area contributed by atoms with E-state index >= 15 is 4.39 Å². The number of hydrogen-bond donors (Lipinski definition) is 1. The quantitative estimate of drug-likeness (QED) is 0.243. The summed E-state index contributed by atoms with van der Waals surface area (Å²) in [6.45, 7) is 7.62. The van der Waals surface area contributed by atoms with Crippen molar-refractivity contribution in [3.8, 4) is 34.7 Å². The van der Waals surface area contributed by atoms with Crippen LogP contribution in [0.2, 0.25) is 0 Å². The van der Waals surface area contributed by atoms with Gasteiger partial charge in [-0.3, -0.25) is 0 Å². The van der Waals surface area contributed by atoms with Gasteiger partial charge in [-0.2, -0.15) is 10.5 Å². The zero-order valence-electron chi connectivity index (χ0n) is 23.9. The number of anilines is 1. The third kappa shape index (κ3) is 4.86. The van der Waals surface area contributed by atoms with Gasteiger partial charge in [0.15, 0.2) is 0 Å². The Hall–Kier alpha value is -4.76. The van der Waals surface area contributed by atoms with E-state index in [4.69, 9.17) is 4.42 Å². The minimum atomic E-state index is -1.71. The molecule has 1 aliphatic heterocycles. The molecule has 214 valence electrons. The third-order valence-corrected chi connectivity index (χ3v) is 8.69. The molecule has 0 saturated carbocycles. The molecule has 1 fully saturated rings. The molecule has 0 bridgehead atoms. The lowest BCUT2D eigenvalue weighted by Crippen LogP contribution is -2.70. The van der Waals surface area contributed by atoms with E-state index in [1.54, 1.807) is 18.2 Å². The summed E-state index contributed by atoms with van der Waals surface area (Å²) in [6.07, 6.45) is 1.35. The summed E-state index contributed by atoms with van der Waals surface area (Å²) in [5, 5.41) is 25.2. The Morgan fingerprint density at radius 3 is 2.36 bits per heavy atom. The van der Waals surface area contributed by atoms with Crippen LogP contribution in [-0.4, -0.2) is 27.9 Å². The second-order valence-corrected chi connectivity index (χ2v) is 11.3. The van der Waals surface area contributed by atoms with Gasteiger partial charge in [0.2, 0.25) is 5.89 Å². The molecule has 5 rings (SSSR count). The maximum absolute atomic E-state index is 16.1. The number of rotatable bonds is 8. The van der Waals surface area contributed by atoms with Crippen LogP contribution in [-0.2, 0) is 0 Å². The average molecular weight is 568 g/mol. The fraction of sp³-hybridized carbons (Fsp3) is 0.333. The molecule has 0 spiro atoms. The molecule has 2 atom stereocenters. The molecule has 1 N–H and O–H groups in total. The predicted octanol–water partition coefficient (Wildman–Crippen LogP) is 7.11. The Labute approximate surface area is 243 Å². The molecule has 0 amide bonds. The van der Waals surface area contributed by atoms with Crippen LogP contribution >= 0.6 is 0 Å². The molecule has 0 radical (unpaired) electrons. The molecule has 1 aliphatic rings. The van der Waals surface area contributed by atoms with Gasteiger partial charge in [0.05, 0.1) is 23.3 Å². The molecule has 0 aliphatic carbocycles. The molecule has 42 heavy (non-hydrogen) atoms. The summed E-state index contributed by atoms with van der Waals surface area (Å²) >= 11 is 0. The SMILES string of the molecule is CCC1(CC)[C@@H]([C@@H](c2cc(F)cc(C#N)c2)C(C)(C)F)CN1c1cccc(-c2n[nH]c(=O)o2)c1-c1ccc(C#N)cc1. The summed E-state index contributed by atoms with van der Waals surface area (Å²) in [4.78, 5) is 14.1. The Morgan fingerprint density at radius 2 is 1.79 bits per heavy atom. The number of hydrogen-bond acceptors (Lipinski definition) is 6. The number of nitrogens with zero attached hydrogens (tertiary/aromatic N) is 4. The molecule has 3 aromatic carbocycles. The molecular weight excluding hydrogens is 536 g/mol. The maximum atomic E-state index is 16.1. The van der Waals surface area contributed by atoms with E-state index in [-0.39, 0.29) is 17.4 Å². The summed E-state index contributed by atoms with van der Waals surface area (Å²) < 4.78 is 36.1. The first-order valence-corrected chi connectivity index (χ1v) is 13.9. The van der Waals surface area contributed by atoms with Crippen molar-refractivity contribution in [2.24, 2.45) is 5.92 Å². The first-order chi connectivity index (χ1) is 20.1. The van der Waals surface area contributed by atoms with Gasteiger partial charge in [0.1, 0.15) is 11.5 Å². The monoisotopic (exact) mass is 567 g/mol. The van der Waals surface area contributed by atoms with Crippen molar-refractivity contribution >= 4 is 5.69 Å². The van der Waals surface area contributed by atoms with Crippen molar-refractivity contribution in [2.75, 3.05) is 11.4 Å². The fourth-order valence-electron chi connectivity index (χ4n) is 6.81. The van der Waals surface area contributed by atoms with Gasteiger partial charge in [0.25, 0.3) is 0 Å².